The number of benzene rings is 1. The highest BCUT2D eigenvalue weighted by Gasteiger charge is 2.11. The van der Waals surface area contributed by atoms with E-state index in [1.807, 2.05) is 0 Å². The quantitative estimate of drug-likeness (QED) is 0.881. The first-order chi connectivity index (χ1) is 7.22. The largest absolute Gasteiger partial charge is 0.444 e. The number of nitrogens with two attached hydrogens (primary N) is 1. The lowest BCUT2D eigenvalue weighted by Gasteiger charge is -2.00. The molecule has 0 aliphatic rings. The molecule has 0 amide bonds. The molecule has 1 aromatic heterocycles. The van der Waals surface area contributed by atoms with Crippen molar-refractivity contribution in [2.24, 2.45) is 5.73 Å². The van der Waals surface area contributed by atoms with Crippen molar-refractivity contribution in [3.05, 3.63) is 40.2 Å². The molecular formula is C10H8Cl2N2O. The summed E-state index contributed by atoms with van der Waals surface area (Å²) < 4.78 is 5.24. The molecule has 2 aromatic rings. The van der Waals surface area contributed by atoms with Gasteiger partial charge < -0.3 is 10.2 Å². The van der Waals surface area contributed by atoms with Crippen LogP contribution >= 0.6 is 23.2 Å². The van der Waals surface area contributed by atoms with Crippen molar-refractivity contribution in [1.82, 2.24) is 4.98 Å². The molecule has 0 radical (unpaired) electrons. The van der Waals surface area contributed by atoms with Gasteiger partial charge >= 0.3 is 0 Å². The molecule has 3 nitrogen and oxygen atoms in total. The van der Waals surface area contributed by atoms with Gasteiger partial charge in [-0.05, 0) is 12.1 Å². The topological polar surface area (TPSA) is 52.0 Å². The molecule has 2 N–H and O–H groups in total. The van der Waals surface area contributed by atoms with Crippen molar-refractivity contribution in [3.8, 4) is 11.5 Å². The lowest BCUT2D eigenvalue weighted by atomic mass is 10.2. The Hall–Kier alpha value is -1.03. The van der Waals surface area contributed by atoms with Gasteiger partial charge in [-0.25, -0.2) is 4.98 Å². The fraction of sp³-hybridized carbons (Fsp3) is 0.100. The summed E-state index contributed by atoms with van der Waals surface area (Å²) in [6.45, 7) is 0.335. The fourth-order valence-electron chi connectivity index (χ4n) is 1.19. The maximum Gasteiger partial charge on any atom is 0.227 e. The molecule has 2 rings (SSSR count). The number of aromatic nitrogens is 1. The Labute approximate surface area is 96.8 Å². The van der Waals surface area contributed by atoms with Crippen LogP contribution in [0.2, 0.25) is 10.0 Å². The molecule has 0 atom stereocenters. The van der Waals surface area contributed by atoms with E-state index >= 15 is 0 Å². The monoisotopic (exact) mass is 242 g/mol. The normalized spacial score (nSPS) is 10.6. The number of halogens is 2. The minimum Gasteiger partial charge on any atom is -0.444 e. The van der Waals surface area contributed by atoms with Crippen LogP contribution in [0.5, 0.6) is 0 Å². The molecule has 0 aliphatic heterocycles. The molecule has 0 bridgehead atoms. The van der Waals surface area contributed by atoms with E-state index in [0.29, 0.717) is 33.7 Å². The van der Waals surface area contributed by atoms with Crippen molar-refractivity contribution in [1.29, 1.82) is 0 Å². The van der Waals surface area contributed by atoms with Gasteiger partial charge in [0.2, 0.25) is 5.89 Å². The standard InChI is InChI=1S/C10H8Cl2N2O/c11-8-3-1-2-7(9(8)12)10-14-6(4-13)5-15-10/h1-3,5H,4,13H2. The molecule has 5 heteroatoms. The zero-order valence-electron chi connectivity index (χ0n) is 7.71. The predicted octanol–water partition coefficient (Wildman–Crippen LogP) is 3.11. The first kappa shape index (κ1) is 10.5. The Morgan fingerprint density at radius 2 is 2.13 bits per heavy atom. The zero-order valence-corrected chi connectivity index (χ0v) is 9.22. The smallest absolute Gasteiger partial charge is 0.227 e. The van der Waals surface area contributed by atoms with E-state index < -0.39 is 0 Å². The second kappa shape index (κ2) is 4.23. The first-order valence-corrected chi connectivity index (χ1v) is 5.07. The van der Waals surface area contributed by atoms with Crippen LogP contribution in [-0.2, 0) is 6.54 Å². The van der Waals surface area contributed by atoms with Crippen LogP contribution in [0, 0.1) is 0 Å². The second-order valence-electron chi connectivity index (χ2n) is 2.95. The third kappa shape index (κ3) is 2.00. The van der Waals surface area contributed by atoms with Gasteiger partial charge in [0.15, 0.2) is 0 Å². The van der Waals surface area contributed by atoms with E-state index in [1.165, 1.54) is 6.26 Å². The Balaban J connectivity index is 2.49. The van der Waals surface area contributed by atoms with Crippen LogP contribution in [0.25, 0.3) is 11.5 Å². The van der Waals surface area contributed by atoms with Gasteiger partial charge in [-0.3, -0.25) is 0 Å². The van der Waals surface area contributed by atoms with Crippen LogP contribution in [0.1, 0.15) is 5.69 Å². The van der Waals surface area contributed by atoms with Gasteiger partial charge in [0.25, 0.3) is 0 Å². The van der Waals surface area contributed by atoms with Gasteiger partial charge in [0.05, 0.1) is 21.3 Å². The molecular weight excluding hydrogens is 235 g/mol. The summed E-state index contributed by atoms with van der Waals surface area (Å²) in [5, 5.41) is 0.909. The SMILES string of the molecule is NCc1coc(-c2cccc(Cl)c2Cl)n1. The van der Waals surface area contributed by atoms with Gasteiger partial charge in [0.1, 0.15) is 6.26 Å². The highest BCUT2D eigenvalue weighted by Crippen LogP contribution is 2.32. The van der Waals surface area contributed by atoms with Gasteiger partial charge in [-0.15, -0.1) is 0 Å². The van der Waals surface area contributed by atoms with Crippen LogP contribution in [0.15, 0.2) is 28.9 Å². The van der Waals surface area contributed by atoms with E-state index in [1.54, 1.807) is 18.2 Å². The van der Waals surface area contributed by atoms with Crippen LogP contribution < -0.4 is 5.73 Å². The fourth-order valence-corrected chi connectivity index (χ4v) is 1.57. The van der Waals surface area contributed by atoms with Crippen LogP contribution in [0.4, 0.5) is 0 Å². The number of hydrogen-bond acceptors (Lipinski definition) is 3. The third-order valence-corrected chi connectivity index (χ3v) is 2.76. The van der Waals surface area contributed by atoms with E-state index in [4.69, 9.17) is 33.4 Å². The maximum absolute atomic E-state index is 6.02. The number of nitrogens with zero attached hydrogens (tertiary/aromatic N) is 1. The number of oxazole rings is 1. The minimum absolute atomic E-state index is 0.335. The molecule has 0 spiro atoms. The van der Waals surface area contributed by atoms with E-state index in [-0.39, 0.29) is 0 Å². The Morgan fingerprint density at radius 3 is 2.80 bits per heavy atom. The molecule has 0 aliphatic carbocycles. The minimum atomic E-state index is 0.335. The number of hydrogen-bond donors (Lipinski definition) is 1. The summed E-state index contributed by atoms with van der Waals surface area (Å²) in [6.07, 6.45) is 1.51. The van der Waals surface area contributed by atoms with Crippen molar-refractivity contribution >= 4 is 23.2 Å². The Kier molecular flexibility index (Phi) is 2.95. The zero-order chi connectivity index (χ0) is 10.8. The summed E-state index contributed by atoms with van der Waals surface area (Å²) in [4.78, 5) is 4.17. The third-order valence-electron chi connectivity index (χ3n) is 1.94. The molecule has 0 saturated carbocycles. The summed E-state index contributed by atoms with van der Waals surface area (Å²) >= 11 is 11.9. The van der Waals surface area contributed by atoms with Crippen molar-refractivity contribution in [2.75, 3.05) is 0 Å². The second-order valence-corrected chi connectivity index (χ2v) is 3.73. The van der Waals surface area contributed by atoms with Crippen LogP contribution in [0.3, 0.4) is 0 Å². The first-order valence-electron chi connectivity index (χ1n) is 4.31. The highest BCUT2D eigenvalue weighted by molar-refractivity contribution is 6.43. The van der Waals surface area contributed by atoms with E-state index in [0.717, 1.165) is 0 Å². The van der Waals surface area contributed by atoms with Crippen molar-refractivity contribution in [3.63, 3.8) is 0 Å². The van der Waals surface area contributed by atoms with E-state index in [2.05, 4.69) is 4.98 Å². The summed E-state index contributed by atoms with van der Waals surface area (Å²) in [5.74, 6) is 0.433. The highest BCUT2D eigenvalue weighted by atomic mass is 35.5. The summed E-state index contributed by atoms with van der Waals surface area (Å²) in [6, 6.07) is 5.29. The summed E-state index contributed by atoms with van der Waals surface area (Å²) in [5.41, 5.74) is 6.78. The van der Waals surface area contributed by atoms with Crippen LogP contribution in [-0.4, -0.2) is 4.98 Å². The molecule has 0 fully saturated rings. The van der Waals surface area contributed by atoms with Crippen molar-refractivity contribution < 1.29 is 4.42 Å². The maximum atomic E-state index is 6.02. The lowest BCUT2D eigenvalue weighted by Crippen LogP contribution is -1.95. The Bertz CT molecular complexity index is 482. The average molecular weight is 243 g/mol. The predicted molar refractivity (Wildman–Crippen MR) is 59.9 cm³/mol. The molecule has 15 heavy (non-hydrogen) atoms. The molecule has 0 unspecified atom stereocenters. The van der Waals surface area contributed by atoms with E-state index in [9.17, 15) is 0 Å². The Morgan fingerprint density at radius 1 is 1.33 bits per heavy atom. The molecule has 1 heterocycles. The van der Waals surface area contributed by atoms with Gasteiger partial charge in [-0.1, -0.05) is 29.3 Å². The summed E-state index contributed by atoms with van der Waals surface area (Å²) in [7, 11) is 0. The van der Waals surface area contributed by atoms with Gasteiger partial charge in [-0.2, -0.15) is 0 Å². The lowest BCUT2D eigenvalue weighted by molar-refractivity contribution is 0.572. The molecule has 1 aromatic carbocycles. The molecule has 0 saturated heterocycles. The average Bonchev–Trinajstić information content (AvgIpc) is 2.70. The number of rotatable bonds is 2. The molecule has 78 valence electrons. The van der Waals surface area contributed by atoms with Gasteiger partial charge in [0, 0.05) is 6.54 Å². The van der Waals surface area contributed by atoms with Crippen molar-refractivity contribution in [2.45, 2.75) is 6.54 Å².